The largest absolute Gasteiger partial charge is 0.253 e. The summed E-state index contributed by atoms with van der Waals surface area (Å²) >= 11 is 0. The molecule has 0 bridgehead atoms. The van der Waals surface area contributed by atoms with Crippen molar-refractivity contribution >= 4 is 0 Å². The Bertz CT molecular complexity index is 545. The van der Waals surface area contributed by atoms with E-state index in [9.17, 15) is 0 Å². The van der Waals surface area contributed by atoms with Gasteiger partial charge < -0.3 is 0 Å². The van der Waals surface area contributed by atoms with Crippen LogP contribution in [0.1, 0.15) is 11.1 Å². The van der Waals surface area contributed by atoms with E-state index in [1.807, 2.05) is 12.1 Å². The molecule has 0 aliphatic carbocycles. The van der Waals surface area contributed by atoms with Crippen molar-refractivity contribution < 1.29 is 0 Å². The maximum Gasteiger partial charge on any atom is 0.105 e. The number of pyridine rings is 2. The van der Waals surface area contributed by atoms with Crippen molar-refractivity contribution in [2.24, 2.45) is 0 Å². The van der Waals surface area contributed by atoms with Crippen LogP contribution in [0.5, 0.6) is 0 Å². The highest BCUT2D eigenvalue weighted by molar-refractivity contribution is 5.69. The first-order chi connectivity index (χ1) is 7.86. The molecule has 0 aliphatic heterocycles. The molecule has 2 aromatic rings. The Morgan fingerprint density at radius 3 is 1.62 bits per heavy atom. The van der Waals surface area contributed by atoms with Crippen LogP contribution in [0.2, 0.25) is 0 Å². The summed E-state index contributed by atoms with van der Waals surface area (Å²) in [6.45, 7) is 0. The van der Waals surface area contributed by atoms with Gasteiger partial charge in [0, 0.05) is 12.4 Å². The van der Waals surface area contributed by atoms with E-state index in [0.717, 1.165) is 0 Å². The van der Waals surface area contributed by atoms with E-state index in [0.29, 0.717) is 22.5 Å². The molecule has 0 unspecified atom stereocenters. The molecule has 2 heteroatoms. The molecule has 0 aliphatic rings. The maximum absolute atomic E-state index is 5.41. The molecule has 0 saturated carbocycles. The molecule has 0 radical (unpaired) electrons. The molecule has 0 aromatic carbocycles. The summed E-state index contributed by atoms with van der Waals surface area (Å²) in [7, 11) is 0. The van der Waals surface area contributed by atoms with Crippen LogP contribution in [-0.2, 0) is 0 Å². The normalized spacial score (nSPS) is 9.12. The minimum absolute atomic E-state index is 0.651. The zero-order valence-corrected chi connectivity index (χ0v) is 8.51. The minimum atomic E-state index is 0.651. The molecule has 0 amide bonds. The average molecular weight is 204 g/mol. The maximum atomic E-state index is 5.41. The predicted octanol–water partition coefficient (Wildman–Crippen LogP) is 2.11. The zero-order chi connectivity index (χ0) is 11.4. The van der Waals surface area contributed by atoms with Crippen LogP contribution >= 0.6 is 0 Å². The molecule has 74 valence electrons. The fourth-order valence-corrected chi connectivity index (χ4v) is 1.42. The summed E-state index contributed by atoms with van der Waals surface area (Å²) in [4.78, 5) is 8.46. The van der Waals surface area contributed by atoms with Gasteiger partial charge in [0.2, 0.25) is 0 Å². The third-order valence-corrected chi connectivity index (χ3v) is 2.15. The second-order valence-corrected chi connectivity index (χ2v) is 3.09. The van der Waals surface area contributed by atoms with Gasteiger partial charge in [-0.1, -0.05) is 11.8 Å². The van der Waals surface area contributed by atoms with Crippen LogP contribution in [-0.4, -0.2) is 9.97 Å². The molecule has 16 heavy (non-hydrogen) atoms. The highest BCUT2D eigenvalue weighted by atomic mass is 14.8. The van der Waals surface area contributed by atoms with Crippen molar-refractivity contribution in [3.05, 3.63) is 47.8 Å². The van der Waals surface area contributed by atoms with Gasteiger partial charge in [0.25, 0.3) is 0 Å². The van der Waals surface area contributed by atoms with E-state index in [-0.39, 0.29) is 0 Å². The van der Waals surface area contributed by atoms with Crippen molar-refractivity contribution in [3.63, 3.8) is 0 Å². The van der Waals surface area contributed by atoms with E-state index in [2.05, 4.69) is 21.8 Å². The van der Waals surface area contributed by atoms with E-state index in [4.69, 9.17) is 12.8 Å². The third kappa shape index (κ3) is 1.65. The van der Waals surface area contributed by atoms with Gasteiger partial charge in [0.05, 0.1) is 11.1 Å². The number of hydrogen-bond acceptors (Lipinski definition) is 2. The van der Waals surface area contributed by atoms with Crippen LogP contribution in [0.3, 0.4) is 0 Å². The SMILES string of the molecule is C#Cc1cccnc1-c1ncccc1C#C. The first kappa shape index (κ1) is 9.96. The van der Waals surface area contributed by atoms with Gasteiger partial charge in [-0.25, -0.2) is 0 Å². The van der Waals surface area contributed by atoms with Crippen LogP contribution in [0.4, 0.5) is 0 Å². The summed E-state index contributed by atoms with van der Waals surface area (Å²) in [5.74, 6) is 5.15. The van der Waals surface area contributed by atoms with Gasteiger partial charge in [0.1, 0.15) is 11.4 Å². The molecule has 2 nitrogen and oxygen atoms in total. The molecule has 0 N–H and O–H groups in total. The van der Waals surface area contributed by atoms with Gasteiger partial charge in [-0.3, -0.25) is 9.97 Å². The van der Waals surface area contributed by atoms with E-state index < -0.39 is 0 Å². The molecule has 0 fully saturated rings. The van der Waals surface area contributed by atoms with E-state index in [1.165, 1.54) is 0 Å². The van der Waals surface area contributed by atoms with Crippen LogP contribution in [0, 0.1) is 24.7 Å². The van der Waals surface area contributed by atoms with Gasteiger partial charge in [-0.15, -0.1) is 12.8 Å². The smallest absolute Gasteiger partial charge is 0.105 e. The Balaban J connectivity index is 2.70. The first-order valence-electron chi connectivity index (χ1n) is 4.70. The molecule has 0 atom stereocenters. The molecule has 2 heterocycles. The Morgan fingerprint density at radius 2 is 1.25 bits per heavy atom. The number of nitrogens with zero attached hydrogens (tertiary/aromatic N) is 2. The van der Waals surface area contributed by atoms with E-state index in [1.54, 1.807) is 24.5 Å². The lowest BCUT2D eigenvalue weighted by Gasteiger charge is -2.04. The predicted molar refractivity (Wildman–Crippen MR) is 63.3 cm³/mol. The Hall–Kier alpha value is -2.58. The summed E-state index contributed by atoms with van der Waals surface area (Å²) in [5, 5.41) is 0. The Labute approximate surface area is 94.4 Å². The molecule has 2 rings (SSSR count). The van der Waals surface area contributed by atoms with Crippen molar-refractivity contribution in [1.29, 1.82) is 0 Å². The minimum Gasteiger partial charge on any atom is -0.253 e. The standard InChI is InChI=1S/C14H8N2/c1-3-11-7-5-9-15-13(11)14-12(4-2)8-6-10-16-14/h1-2,5-10H. The van der Waals surface area contributed by atoms with Crippen LogP contribution in [0.25, 0.3) is 11.4 Å². The van der Waals surface area contributed by atoms with Crippen molar-refractivity contribution in [3.8, 4) is 36.1 Å². The first-order valence-corrected chi connectivity index (χ1v) is 4.70. The monoisotopic (exact) mass is 204 g/mol. The van der Waals surface area contributed by atoms with Crippen molar-refractivity contribution in [2.75, 3.05) is 0 Å². The lowest BCUT2D eigenvalue weighted by Crippen LogP contribution is -1.94. The highest BCUT2D eigenvalue weighted by Gasteiger charge is 2.09. The summed E-state index contributed by atoms with van der Waals surface area (Å²) < 4.78 is 0. The Kier molecular flexibility index (Phi) is 2.67. The quantitative estimate of drug-likeness (QED) is 0.665. The average Bonchev–Trinajstić information content (AvgIpc) is 2.38. The van der Waals surface area contributed by atoms with Crippen LogP contribution in [0.15, 0.2) is 36.7 Å². The number of aromatic nitrogens is 2. The number of rotatable bonds is 1. The fourth-order valence-electron chi connectivity index (χ4n) is 1.42. The molecular weight excluding hydrogens is 196 g/mol. The molecule has 2 aromatic heterocycles. The lowest BCUT2D eigenvalue weighted by molar-refractivity contribution is 1.23. The topological polar surface area (TPSA) is 25.8 Å². The number of hydrogen-bond donors (Lipinski definition) is 0. The van der Waals surface area contributed by atoms with E-state index >= 15 is 0 Å². The van der Waals surface area contributed by atoms with Gasteiger partial charge in [-0.2, -0.15) is 0 Å². The zero-order valence-electron chi connectivity index (χ0n) is 8.51. The molecule has 0 saturated heterocycles. The van der Waals surface area contributed by atoms with Crippen molar-refractivity contribution in [1.82, 2.24) is 9.97 Å². The molecule has 0 spiro atoms. The van der Waals surface area contributed by atoms with Gasteiger partial charge in [-0.05, 0) is 24.3 Å². The Morgan fingerprint density at radius 1 is 0.812 bits per heavy atom. The second kappa shape index (κ2) is 4.29. The highest BCUT2D eigenvalue weighted by Crippen LogP contribution is 2.21. The van der Waals surface area contributed by atoms with Gasteiger partial charge >= 0.3 is 0 Å². The van der Waals surface area contributed by atoms with Gasteiger partial charge in [0.15, 0.2) is 0 Å². The summed E-state index contributed by atoms with van der Waals surface area (Å²) in [6.07, 6.45) is 14.2. The summed E-state index contributed by atoms with van der Waals surface area (Å²) in [5.41, 5.74) is 2.69. The van der Waals surface area contributed by atoms with Crippen molar-refractivity contribution in [2.45, 2.75) is 0 Å². The number of terminal acetylenes is 2. The third-order valence-electron chi connectivity index (χ3n) is 2.15. The summed E-state index contributed by atoms with van der Waals surface area (Å²) in [6, 6.07) is 7.21. The fraction of sp³-hybridized carbons (Fsp3) is 0. The lowest BCUT2D eigenvalue weighted by atomic mass is 10.1. The second-order valence-electron chi connectivity index (χ2n) is 3.09. The molecular formula is C14H8N2. The van der Waals surface area contributed by atoms with Crippen LogP contribution < -0.4 is 0 Å².